The minimum Gasteiger partial charge on any atom is -0.504 e. The standard InChI is InChI=1S/C13H13ClN4O2/c1-2-20-10-5-3-4-9(13(10)19)8-15-17-12-7-6-11(14)16-18-12/h3-8,19H,2H2,1H3,(H,17,18)/b15-8+. The molecule has 1 aromatic carbocycles. The van der Waals surface area contributed by atoms with E-state index >= 15 is 0 Å². The molecule has 2 aromatic rings. The normalized spacial score (nSPS) is 10.7. The summed E-state index contributed by atoms with van der Waals surface area (Å²) >= 11 is 5.62. The number of phenolic OH excluding ortho intramolecular Hbond substituents is 1. The van der Waals surface area contributed by atoms with Gasteiger partial charge >= 0.3 is 0 Å². The number of rotatable bonds is 5. The summed E-state index contributed by atoms with van der Waals surface area (Å²) < 4.78 is 5.29. The Hall–Kier alpha value is -2.34. The van der Waals surface area contributed by atoms with E-state index in [1.165, 1.54) is 6.21 Å². The molecular formula is C13H13ClN4O2. The van der Waals surface area contributed by atoms with Gasteiger partial charge in [-0.15, -0.1) is 10.2 Å². The van der Waals surface area contributed by atoms with E-state index in [9.17, 15) is 5.11 Å². The average Bonchev–Trinajstić information content (AvgIpc) is 2.45. The topological polar surface area (TPSA) is 79.6 Å². The molecule has 0 atom stereocenters. The number of aromatic hydroxyl groups is 1. The largest absolute Gasteiger partial charge is 0.504 e. The molecule has 1 heterocycles. The molecule has 20 heavy (non-hydrogen) atoms. The summed E-state index contributed by atoms with van der Waals surface area (Å²) in [6, 6.07) is 8.42. The second-order valence-corrected chi connectivity index (χ2v) is 4.13. The number of hydrogen-bond acceptors (Lipinski definition) is 6. The van der Waals surface area contributed by atoms with Crippen molar-refractivity contribution in [3.05, 3.63) is 41.0 Å². The van der Waals surface area contributed by atoms with Gasteiger partial charge in [-0.3, -0.25) is 5.43 Å². The second kappa shape index (κ2) is 6.72. The highest BCUT2D eigenvalue weighted by molar-refractivity contribution is 6.29. The SMILES string of the molecule is CCOc1cccc(/C=N/Nc2ccc(Cl)nn2)c1O. The molecule has 7 heteroatoms. The molecule has 0 aliphatic rings. The summed E-state index contributed by atoms with van der Waals surface area (Å²) in [5.74, 6) is 0.913. The third-order valence-corrected chi connectivity index (χ3v) is 2.55. The molecule has 6 nitrogen and oxygen atoms in total. The fourth-order valence-corrected chi connectivity index (χ4v) is 1.56. The van der Waals surface area contributed by atoms with E-state index < -0.39 is 0 Å². The van der Waals surface area contributed by atoms with Crippen LogP contribution in [-0.2, 0) is 0 Å². The fraction of sp³-hybridized carbons (Fsp3) is 0.154. The number of nitrogens with one attached hydrogen (secondary N) is 1. The van der Waals surface area contributed by atoms with Gasteiger partial charge in [-0.25, -0.2) is 0 Å². The third kappa shape index (κ3) is 3.58. The molecule has 2 N–H and O–H groups in total. The van der Waals surface area contributed by atoms with Gasteiger partial charge in [0.2, 0.25) is 0 Å². The highest BCUT2D eigenvalue weighted by atomic mass is 35.5. The number of hydrazone groups is 1. The Balaban J connectivity index is 2.07. The van der Waals surface area contributed by atoms with Crippen molar-refractivity contribution in [3.63, 3.8) is 0 Å². The quantitative estimate of drug-likeness (QED) is 0.654. The van der Waals surface area contributed by atoms with Gasteiger partial charge < -0.3 is 9.84 Å². The van der Waals surface area contributed by atoms with Crippen LogP contribution in [-0.4, -0.2) is 28.1 Å². The second-order valence-electron chi connectivity index (χ2n) is 3.74. The van der Waals surface area contributed by atoms with Gasteiger partial charge in [0.05, 0.1) is 12.8 Å². The number of aromatic nitrogens is 2. The molecule has 0 saturated carbocycles. The van der Waals surface area contributed by atoms with Crippen molar-refractivity contribution in [3.8, 4) is 11.5 Å². The molecule has 104 valence electrons. The summed E-state index contributed by atoms with van der Waals surface area (Å²) in [6.45, 7) is 2.33. The number of halogens is 1. The maximum Gasteiger partial charge on any atom is 0.168 e. The van der Waals surface area contributed by atoms with E-state index in [0.717, 1.165) is 0 Å². The molecule has 1 aromatic heterocycles. The van der Waals surface area contributed by atoms with E-state index in [4.69, 9.17) is 16.3 Å². The molecule has 2 rings (SSSR count). The van der Waals surface area contributed by atoms with Gasteiger partial charge in [0.1, 0.15) is 0 Å². The third-order valence-electron chi connectivity index (χ3n) is 2.34. The highest BCUT2D eigenvalue weighted by Crippen LogP contribution is 2.28. The Bertz CT molecular complexity index is 602. The molecule has 0 unspecified atom stereocenters. The molecule has 0 radical (unpaired) electrons. The Labute approximate surface area is 121 Å². The number of anilines is 1. The van der Waals surface area contributed by atoms with Crippen molar-refractivity contribution >= 4 is 23.6 Å². The van der Waals surface area contributed by atoms with Crippen LogP contribution in [0, 0.1) is 0 Å². The predicted molar refractivity (Wildman–Crippen MR) is 77.5 cm³/mol. The van der Waals surface area contributed by atoms with Crippen molar-refractivity contribution in [2.24, 2.45) is 5.10 Å². The van der Waals surface area contributed by atoms with Crippen LogP contribution in [0.3, 0.4) is 0 Å². The first-order valence-corrected chi connectivity index (χ1v) is 6.31. The molecule has 0 aliphatic carbocycles. The molecular weight excluding hydrogens is 280 g/mol. The first kappa shape index (κ1) is 14.1. The Morgan fingerprint density at radius 3 is 2.90 bits per heavy atom. The lowest BCUT2D eigenvalue weighted by Gasteiger charge is -2.07. The van der Waals surface area contributed by atoms with Crippen LogP contribution >= 0.6 is 11.6 Å². The summed E-state index contributed by atoms with van der Waals surface area (Å²) in [6.07, 6.45) is 1.47. The first-order chi connectivity index (χ1) is 9.70. The van der Waals surface area contributed by atoms with Gasteiger partial charge in [-0.05, 0) is 31.2 Å². The number of hydrogen-bond donors (Lipinski definition) is 2. The minimum atomic E-state index is 0.0436. The summed E-state index contributed by atoms with van der Waals surface area (Å²) in [7, 11) is 0. The lowest BCUT2D eigenvalue weighted by molar-refractivity contribution is 0.318. The van der Waals surface area contributed by atoms with E-state index in [1.807, 2.05) is 6.92 Å². The zero-order valence-electron chi connectivity index (χ0n) is 10.7. The Morgan fingerprint density at radius 1 is 1.35 bits per heavy atom. The maximum absolute atomic E-state index is 9.96. The zero-order chi connectivity index (χ0) is 14.4. The van der Waals surface area contributed by atoms with E-state index in [0.29, 0.717) is 28.9 Å². The number of ether oxygens (including phenoxy) is 1. The van der Waals surface area contributed by atoms with Gasteiger partial charge in [0.15, 0.2) is 22.5 Å². The number of phenols is 1. The summed E-state index contributed by atoms with van der Waals surface area (Å²) in [5.41, 5.74) is 3.22. The minimum absolute atomic E-state index is 0.0436. The lowest BCUT2D eigenvalue weighted by atomic mass is 10.2. The Kier molecular flexibility index (Phi) is 4.73. The van der Waals surface area contributed by atoms with Crippen LogP contribution in [0.1, 0.15) is 12.5 Å². The monoisotopic (exact) mass is 292 g/mol. The molecule has 0 amide bonds. The average molecular weight is 293 g/mol. The van der Waals surface area contributed by atoms with Crippen LogP contribution in [0.25, 0.3) is 0 Å². The molecule has 0 saturated heterocycles. The smallest absolute Gasteiger partial charge is 0.168 e. The van der Waals surface area contributed by atoms with Crippen molar-refractivity contribution < 1.29 is 9.84 Å². The van der Waals surface area contributed by atoms with Gasteiger partial charge in [-0.2, -0.15) is 5.10 Å². The molecule has 0 spiro atoms. The fourth-order valence-electron chi connectivity index (χ4n) is 1.46. The van der Waals surface area contributed by atoms with Gasteiger partial charge in [-0.1, -0.05) is 17.7 Å². The predicted octanol–water partition coefficient (Wildman–Crippen LogP) is 2.68. The Morgan fingerprint density at radius 2 is 2.20 bits per heavy atom. The summed E-state index contributed by atoms with van der Waals surface area (Å²) in [5, 5.41) is 21.7. The van der Waals surface area contributed by atoms with Crippen molar-refractivity contribution in [2.75, 3.05) is 12.0 Å². The van der Waals surface area contributed by atoms with Crippen LogP contribution < -0.4 is 10.2 Å². The van der Waals surface area contributed by atoms with Crippen LogP contribution in [0.5, 0.6) is 11.5 Å². The zero-order valence-corrected chi connectivity index (χ0v) is 11.5. The highest BCUT2D eigenvalue weighted by Gasteiger charge is 2.05. The van der Waals surface area contributed by atoms with Crippen molar-refractivity contribution in [1.29, 1.82) is 0 Å². The first-order valence-electron chi connectivity index (χ1n) is 5.93. The van der Waals surface area contributed by atoms with Crippen LogP contribution in [0.2, 0.25) is 5.15 Å². The van der Waals surface area contributed by atoms with Crippen molar-refractivity contribution in [2.45, 2.75) is 6.92 Å². The van der Waals surface area contributed by atoms with E-state index in [2.05, 4.69) is 20.7 Å². The van der Waals surface area contributed by atoms with E-state index in [-0.39, 0.29) is 5.75 Å². The molecule has 0 bridgehead atoms. The number of para-hydroxylation sites is 1. The van der Waals surface area contributed by atoms with Gasteiger partial charge in [0, 0.05) is 5.56 Å². The van der Waals surface area contributed by atoms with E-state index in [1.54, 1.807) is 30.3 Å². The molecule has 0 aliphatic heterocycles. The van der Waals surface area contributed by atoms with Crippen molar-refractivity contribution in [1.82, 2.24) is 10.2 Å². The van der Waals surface area contributed by atoms with Gasteiger partial charge in [0.25, 0.3) is 0 Å². The number of nitrogens with zero attached hydrogens (tertiary/aromatic N) is 3. The number of benzene rings is 1. The molecule has 0 fully saturated rings. The lowest BCUT2D eigenvalue weighted by Crippen LogP contribution is -1.96. The maximum atomic E-state index is 9.96. The van der Waals surface area contributed by atoms with Crippen LogP contribution in [0.15, 0.2) is 35.4 Å². The van der Waals surface area contributed by atoms with Crippen LogP contribution in [0.4, 0.5) is 5.82 Å². The summed E-state index contributed by atoms with van der Waals surface area (Å²) in [4.78, 5) is 0.